The van der Waals surface area contributed by atoms with E-state index in [-0.39, 0.29) is 17.6 Å². The summed E-state index contributed by atoms with van der Waals surface area (Å²) < 4.78 is 6.60. The number of para-hydroxylation sites is 1. The van der Waals surface area contributed by atoms with Gasteiger partial charge in [-0.05, 0) is 61.8 Å². The molecule has 0 saturated carbocycles. The van der Waals surface area contributed by atoms with Gasteiger partial charge in [-0.3, -0.25) is 10.1 Å². The maximum Gasteiger partial charge on any atom is 0.264 e. The van der Waals surface area contributed by atoms with Crippen LogP contribution in [0, 0.1) is 20.8 Å². The van der Waals surface area contributed by atoms with Crippen molar-refractivity contribution in [3.05, 3.63) is 53.1 Å². The van der Waals surface area contributed by atoms with Crippen molar-refractivity contribution < 1.29 is 9.53 Å². The minimum absolute atomic E-state index is 0.106. The third-order valence-electron chi connectivity index (χ3n) is 3.76. The number of hydrogen-bond acceptors (Lipinski definition) is 5. The molecule has 0 bridgehead atoms. The number of carbonyl (C=O) groups excluding carboxylic acids is 1. The summed E-state index contributed by atoms with van der Waals surface area (Å²) in [5.74, 6) is 0.359. The number of thiazole rings is 1. The van der Waals surface area contributed by atoms with Crippen LogP contribution in [0.2, 0.25) is 0 Å². The Hall–Kier alpha value is -2.51. The molecule has 0 aliphatic heterocycles. The Morgan fingerprint density at radius 1 is 1.19 bits per heavy atom. The van der Waals surface area contributed by atoms with Crippen molar-refractivity contribution in [1.29, 1.82) is 0 Å². The lowest BCUT2D eigenvalue weighted by molar-refractivity contribution is -0.121. The van der Waals surface area contributed by atoms with Crippen LogP contribution in [-0.2, 0) is 4.79 Å². The van der Waals surface area contributed by atoms with Crippen molar-refractivity contribution in [1.82, 2.24) is 10.3 Å². The minimum atomic E-state index is -0.320. The molecule has 1 heterocycles. The second-order valence-electron chi connectivity index (χ2n) is 6.00. The molecule has 134 valence electrons. The average molecular weight is 386 g/mol. The van der Waals surface area contributed by atoms with E-state index in [2.05, 4.69) is 34.7 Å². The fraction of sp³-hybridized carbons (Fsp3) is 0.211. The Kier molecular flexibility index (Phi) is 5.49. The number of aryl methyl sites for hydroxylation is 3. The first kappa shape index (κ1) is 18.3. The summed E-state index contributed by atoms with van der Waals surface area (Å²) in [6.07, 6.45) is 0. The highest BCUT2D eigenvalue weighted by molar-refractivity contribution is 7.80. The molecule has 7 heteroatoms. The van der Waals surface area contributed by atoms with Crippen LogP contribution >= 0.6 is 23.6 Å². The highest BCUT2D eigenvalue weighted by Crippen LogP contribution is 2.29. The summed E-state index contributed by atoms with van der Waals surface area (Å²) in [4.78, 5) is 16.6. The number of nitrogens with one attached hydrogen (secondary N) is 2. The number of rotatable bonds is 4. The second-order valence-corrected chi connectivity index (χ2v) is 7.44. The average Bonchev–Trinajstić information content (AvgIpc) is 2.96. The maximum absolute atomic E-state index is 12.0. The number of ether oxygens (including phenoxy) is 1. The first-order valence-electron chi connectivity index (χ1n) is 8.09. The van der Waals surface area contributed by atoms with Crippen LogP contribution in [-0.4, -0.2) is 22.6 Å². The van der Waals surface area contributed by atoms with Crippen LogP contribution in [0.1, 0.15) is 16.7 Å². The standard InChI is InChI=1S/C19H19N3O2S2/c1-11-8-13(3)17-15(9-11)26-19(21-17)22-18(25)20-16(23)10-24-14-7-5-4-6-12(14)2/h4-9H,10H2,1-3H3,(H2,20,21,22,23,25). The van der Waals surface area contributed by atoms with Crippen molar-refractivity contribution in [3.8, 4) is 5.75 Å². The smallest absolute Gasteiger partial charge is 0.264 e. The van der Waals surface area contributed by atoms with E-state index in [4.69, 9.17) is 17.0 Å². The molecule has 0 saturated heterocycles. The Labute approximate surface area is 161 Å². The van der Waals surface area contributed by atoms with E-state index in [9.17, 15) is 4.79 Å². The molecule has 0 radical (unpaired) electrons. The van der Waals surface area contributed by atoms with Gasteiger partial charge >= 0.3 is 0 Å². The fourth-order valence-electron chi connectivity index (χ4n) is 2.58. The largest absolute Gasteiger partial charge is 0.483 e. The van der Waals surface area contributed by atoms with E-state index in [1.807, 2.05) is 38.1 Å². The number of benzene rings is 2. The van der Waals surface area contributed by atoms with Gasteiger partial charge in [0, 0.05) is 0 Å². The van der Waals surface area contributed by atoms with E-state index >= 15 is 0 Å². The molecule has 0 unspecified atom stereocenters. The van der Waals surface area contributed by atoms with Crippen molar-refractivity contribution >= 4 is 49.9 Å². The van der Waals surface area contributed by atoms with Gasteiger partial charge in [0.05, 0.1) is 10.2 Å². The highest BCUT2D eigenvalue weighted by atomic mass is 32.1. The van der Waals surface area contributed by atoms with Crippen LogP contribution in [0.4, 0.5) is 5.13 Å². The molecular formula is C19H19N3O2S2. The van der Waals surface area contributed by atoms with Gasteiger partial charge in [0.15, 0.2) is 16.9 Å². The van der Waals surface area contributed by atoms with Crippen LogP contribution in [0.25, 0.3) is 10.2 Å². The summed E-state index contributed by atoms with van der Waals surface area (Å²) in [6.45, 7) is 5.90. The van der Waals surface area contributed by atoms with E-state index in [1.54, 1.807) is 0 Å². The third kappa shape index (κ3) is 4.36. The first-order chi connectivity index (χ1) is 12.4. The fourth-order valence-corrected chi connectivity index (χ4v) is 3.90. The number of fused-ring (bicyclic) bond motifs is 1. The monoisotopic (exact) mass is 385 g/mol. The molecule has 0 spiro atoms. The zero-order chi connectivity index (χ0) is 18.7. The van der Waals surface area contributed by atoms with Gasteiger partial charge in [0.25, 0.3) is 5.91 Å². The normalized spacial score (nSPS) is 10.6. The third-order valence-corrected chi connectivity index (χ3v) is 4.88. The van der Waals surface area contributed by atoms with E-state index in [0.29, 0.717) is 10.9 Å². The first-order valence-corrected chi connectivity index (χ1v) is 9.32. The molecule has 0 aliphatic carbocycles. The molecule has 1 amide bonds. The maximum atomic E-state index is 12.0. The molecule has 0 fully saturated rings. The number of hydrogen-bond donors (Lipinski definition) is 2. The van der Waals surface area contributed by atoms with Crippen molar-refractivity contribution in [2.24, 2.45) is 0 Å². The lowest BCUT2D eigenvalue weighted by atomic mass is 10.1. The van der Waals surface area contributed by atoms with E-state index in [0.717, 1.165) is 21.3 Å². The zero-order valence-corrected chi connectivity index (χ0v) is 16.4. The number of nitrogens with zero attached hydrogens (tertiary/aromatic N) is 1. The van der Waals surface area contributed by atoms with Crippen molar-refractivity contribution in [2.75, 3.05) is 11.9 Å². The number of amides is 1. The Morgan fingerprint density at radius 3 is 2.73 bits per heavy atom. The molecule has 3 rings (SSSR count). The summed E-state index contributed by atoms with van der Waals surface area (Å²) in [5.41, 5.74) is 4.22. The number of aromatic nitrogens is 1. The lowest BCUT2D eigenvalue weighted by Gasteiger charge is -2.10. The molecule has 0 aliphatic rings. The highest BCUT2D eigenvalue weighted by Gasteiger charge is 2.11. The molecule has 2 aromatic carbocycles. The second kappa shape index (κ2) is 7.80. The molecule has 26 heavy (non-hydrogen) atoms. The molecule has 0 atom stereocenters. The summed E-state index contributed by atoms with van der Waals surface area (Å²) in [7, 11) is 0. The minimum Gasteiger partial charge on any atom is -0.483 e. The number of anilines is 1. The van der Waals surface area contributed by atoms with Crippen LogP contribution in [0.5, 0.6) is 5.75 Å². The van der Waals surface area contributed by atoms with Crippen LogP contribution < -0.4 is 15.4 Å². The van der Waals surface area contributed by atoms with Gasteiger partial charge in [-0.25, -0.2) is 4.98 Å². The molecule has 3 aromatic rings. The van der Waals surface area contributed by atoms with Gasteiger partial charge in [0.1, 0.15) is 5.75 Å². The predicted octanol–water partition coefficient (Wildman–Crippen LogP) is 4.11. The van der Waals surface area contributed by atoms with Gasteiger partial charge in [-0.1, -0.05) is 35.6 Å². The zero-order valence-electron chi connectivity index (χ0n) is 14.8. The summed E-state index contributed by atoms with van der Waals surface area (Å²) >= 11 is 6.70. The van der Waals surface area contributed by atoms with E-state index < -0.39 is 0 Å². The van der Waals surface area contributed by atoms with Crippen molar-refractivity contribution in [2.45, 2.75) is 20.8 Å². The topological polar surface area (TPSA) is 63.2 Å². The quantitative estimate of drug-likeness (QED) is 0.662. The van der Waals surface area contributed by atoms with Gasteiger partial charge < -0.3 is 10.1 Å². The Balaban J connectivity index is 1.57. The summed E-state index contributed by atoms with van der Waals surface area (Å²) in [5, 5.41) is 6.44. The predicted molar refractivity (Wildman–Crippen MR) is 110 cm³/mol. The lowest BCUT2D eigenvalue weighted by Crippen LogP contribution is -2.37. The summed E-state index contributed by atoms with van der Waals surface area (Å²) in [6, 6.07) is 11.7. The number of carbonyl (C=O) groups is 1. The molecule has 1 aromatic heterocycles. The Morgan fingerprint density at radius 2 is 1.96 bits per heavy atom. The van der Waals surface area contributed by atoms with Crippen molar-refractivity contribution in [3.63, 3.8) is 0 Å². The van der Waals surface area contributed by atoms with Gasteiger partial charge in [-0.2, -0.15) is 0 Å². The molecule has 5 nitrogen and oxygen atoms in total. The van der Waals surface area contributed by atoms with Gasteiger partial charge in [0.2, 0.25) is 0 Å². The SMILES string of the molecule is Cc1cc(C)c2nc(NC(=S)NC(=O)COc3ccccc3C)sc2c1. The van der Waals surface area contributed by atoms with E-state index in [1.165, 1.54) is 16.9 Å². The number of thiocarbonyl (C=S) groups is 1. The van der Waals surface area contributed by atoms with Crippen LogP contribution in [0.15, 0.2) is 36.4 Å². The molecular weight excluding hydrogens is 366 g/mol. The Bertz CT molecular complexity index is 982. The van der Waals surface area contributed by atoms with Gasteiger partial charge in [-0.15, -0.1) is 0 Å². The molecule has 2 N–H and O–H groups in total. The van der Waals surface area contributed by atoms with Crippen LogP contribution in [0.3, 0.4) is 0 Å².